The monoisotopic (exact) mass is 289 g/mol. The van der Waals surface area contributed by atoms with Gasteiger partial charge in [-0.05, 0) is 25.0 Å². The number of rotatable bonds is 8. The number of hydrogen-bond acceptors (Lipinski definition) is 4. The molecule has 5 heteroatoms. The average molecular weight is 289 g/mol. The SMILES string of the molecule is CCCN(CCC)C(=O)C(=NNc1ccccc1)C(C)=O. The Morgan fingerprint density at radius 2 is 1.67 bits per heavy atom. The molecule has 0 aliphatic rings. The van der Waals surface area contributed by atoms with Crippen LogP contribution in [0.3, 0.4) is 0 Å². The quantitative estimate of drug-likeness (QED) is 0.455. The molecule has 1 amide bonds. The molecule has 1 aromatic carbocycles. The van der Waals surface area contributed by atoms with Crippen molar-refractivity contribution in [2.75, 3.05) is 18.5 Å². The van der Waals surface area contributed by atoms with Gasteiger partial charge >= 0.3 is 0 Å². The smallest absolute Gasteiger partial charge is 0.277 e. The van der Waals surface area contributed by atoms with Crippen molar-refractivity contribution < 1.29 is 9.59 Å². The highest BCUT2D eigenvalue weighted by Gasteiger charge is 2.22. The lowest BCUT2D eigenvalue weighted by molar-refractivity contribution is -0.125. The van der Waals surface area contributed by atoms with Gasteiger partial charge in [-0.15, -0.1) is 0 Å². The number of anilines is 1. The molecule has 0 atom stereocenters. The molecule has 0 unspecified atom stereocenters. The standard InChI is InChI=1S/C16H23N3O2/c1-4-11-19(12-5-2)16(21)15(13(3)20)18-17-14-9-7-6-8-10-14/h6-10,17H,4-5,11-12H2,1-3H3. The summed E-state index contributed by atoms with van der Waals surface area (Å²) in [5, 5.41) is 4.00. The first-order chi connectivity index (χ1) is 10.1. The van der Waals surface area contributed by atoms with Crippen molar-refractivity contribution in [2.45, 2.75) is 33.6 Å². The molecule has 5 nitrogen and oxygen atoms in total. The van der Waals surface area contributed by atoms with E-state index in [0.717, 1.165) is 18.5 Å². The van der Waals surface area contributed by atoms with Crippen LogP contribution in [0.2, 0.25) is 0 Å². The predicted octanol–water partition coefficient (Wildman–Crippen LogP) is 2.69. The van der Waals surface area contributed by atoms with Gasteiger partial charge in [-0.2, -0.15) is 5.10 Å². The van der Waals surface area contributed by atoms with E-state index in [-0.39, 0.29) is 17.4 Å². The number of hydrogen-bond donors (Lipinski definition) is 1. The summed E-state index contributed by atoms with van der Waals surface area (Å²) in [6.07, 6.45) is 1.70. The number of nitrogens with zero attached hydrogens (tertiary/aromatic N) is 2. The third kappa shape index (κ3) is 5.38. The Morgan fingerprint density at radius 3 is 2.14 bits per heavy atom. The molecule has 0 fully saturated rings. The van der Waals surface area contributed by atoms with Crippen molar-refractivity contribution in [3.05, 3.63) is 30.3 Å². The molecule has 1 N–H and O–H groups in total. The second kappa shape index (κ2) is 8.89. The number of nitrogens with one attached hydrogen (secondary N) is 1. The lowest BCUT2D eigenvalue weighted by Gasteiger charge is -2.21. The Labute approximate surface area is 126 Å². The number of hydrazone groups is 1. The summed E-state index contributed by atoms with van der Waals surface area (Å²) in [5.41, 5.74) is 3.45. The van der Waals surface area contributed by atoms with Crippen LogP contribution in [-0.4, -0.2) is 35.4 Å². The summed E-state index contributed by atoms with van der Waals surface area (Å²) >= 11 is 0. The van der Waals surface area contributed by atoms with E-state index in [2.05, 4.69) is 10.5 Å². The maximum absolute atomic E-state index is 12.4. The number of benzene rings is 1. The van der Waals surface area contributed by atoms with E-state index < -0.39 is 0 Å². The number of carbonyl (C=O) groups excluding carboxylic acids is 2. The van der Waals surface area contributed by atoms with Gasteiger partial charge in [-0.1, -0.05) is 32.0 Å². The molecule has 0 heterocycles. The Morgan fingerprint density at radius 1 is 1.10 bits per heavy atom. The largest absolute Gasteiger partial charge is 0.337 e. The number of ketones is 1. The fourth-order valence-electron chi connectivity index (χ4n) is 1.91. The van der Waals surface area contributed by atoms with Gasteiger partial charge in [0, 0.05) is 20.0 Å². The first kappa shape index (κ1) is 16.9. The molecule has 0 aliphatic heterocycles. The summed E-state index contributed by atoms with van der Waals surface area (Å²) in [4.78, 5) is 25.8. The highest BCUT2D eigenvalue weighted by Crippen LogP contribution is 2.06. The second-order valence-corrected chi connectivity index (χ2v) is 4.79. The van der Waals surface area contributed by atoms with E-state index in [4.69, 9.17) is 0 Å². The van der Waals surface area contributed by atoms with Crippen LogP contribution in [0.15, 0.2) is 35.4 Å². The van der Waals surface area contributed by atoms with Gasteiger partial charge in [0.05, 0.1) is 5.69 Å². The van der Waals surface area contributed by atoms with E-state index in [1.165, 1.54) is 6.92 Å². The molecule has 0 aliphatic carbocycles. The van der Waals surface area contributed by atoms with Crippen LogP contribution >= 0.6 is 0 Å². The number of amides is 1. The molecule has 0 aromatic heterocycles. The zero-order valence-electron chi connectivity index (χ0n) is 12.9. The van der Waals surface area contributed by atoms with E-state index in [9.17, 15) is 9.59 Å². The minimum absolute atomic E-state index is 0.0549. The summed E-state index contributed by atoms with van der Waals surface area (Å²) in [7, 11) is 0. The van der Waals surface area contributed by atoms with Crippen molar-refractivity contribution in [3.63, 3.8) is 0 Å². The molecule has 114 valence electrons. The van der Waals surface area contributed by atoms with Crippen LogP contribution in [0.5, 0.6) is 0 Å². The van der Waals surface area contributed by atoms with Gasteiger partial charge in [0.15, 0.2) is 11.5 Å². The van der Waals surface area contributed by atoms with Gasteiger partial charge in [0.25, 0.3) is 5.91 Å². The van der Waals surface area contributed by atoms with Crippen molar-refractivity contribution >= 4 is 23.1 Å². The lowest BCUT2D eigenvalue weighted by atomic mass is 10.2. The van der Waals surface area contributed by atoms with Crippen molar-refractivity contribution in [1.29, 1.82) is 0 Å². The van der Waals surface area contributed by atoms with E-state index in [0.29, 0.717) is 13.1 Å². The van der Waals surface area contributed by atoms with Gasteiger partial charge in [0.2, 0.25) is 0 Å². The topological polar surface area (TPSA) is 61.8 Å². The third-order valence-electron chi connectivity index (χ3n) is 2.88. The van der Waals surface area contributed by atoms with Crippen LogP contribution < -0.4 is 5.43 Å². The molecule has 0 spiro atoms. The van der Waals surface area contributed by atoms with Gasteiger partial charge < -0.3 is 4.90 Å². The summed E-state index contributed by atoms with van der Waals surface area (Å²) in [6, 6.07) is 9.24. The van der Waals surface area contributed by atoms with Gasteiger partial charge in [-0.25, -0.2) is 0 Å². The Kier molecular flexibility index (Phi) is 7.15. The molecule has 1 rings (SSSR count). The molecular weight excluding hydrogens is 266 g/mol. The van der Waals surface area contributed by atoms with E-state index in [1.54, 1.807) is 4.90 Å². The molecule has 0 saturated carbocycles. The number of carbonyl (C=O) groups is 2. The Bertz CT molecular complexity index is 492. The normalized spacial score (nSPS) is 11.1. The van der Waals surface area contributed by atoms with Crippen LogP contribution in [0.1, 0.15) is 33.6 Å². The first-order valence-corrected chi connectivity index (χ1v) is 7.29. The third-order valence-corrected chi connectivity index (χ3v) is 2.88. The zero-order valence-corrected chi connectivity index (χ0v) is 12.9. The zero-order chi connectivity index (χ0) is 15.7. The van der Waals surface area contributed by atoms with Crippen molar-refractivity contribution in [3.8, 4) is 0 Å². The highest BCUT2D eigenvalue weighted by atomic mass is 16.2. The molecular formula is C16H23N3O2. The summed E-state index contributed by atoms with van der Waals surface area (Å²) < 4.78 is 0. The lowest BCUT2D eigenvalue weighted by Crippen LogP contribution is -2.40. The maximum atomic E-state index is 12.4. The molecule has 1 aromatic rings. The highest BCUT2D eigenvalue weighted by molar-refractivity contribution is 6.65. The average Bonchev–Trinajstić information content (AvgIpc) is 2.47. The van der Waals surface area contributed by atoms with E-state index >= 15 is 0 Å². The molecule has 0 bridgehead atoms. The molecule has 0 radical (unpaired) electrons. The summed E-state index contributed by atoms with van der Waals surface area (Å²) in [5.74, 6) is -0.643. The fraction of sp³-hybridized carbons (Fsp3) is 0.438. The molecule has 0 saturated heterocycles. The van der Waals surface area contributed by atoms with Crippen LogP contribution in [0.25, 0.3) is 0 Å². The van der Waals surface area contributed by atoms with Crippen LogP contribution in [-0.2, 0) is 9.59 Å². The van der Waals surface area contributed by atoms with Crippen molar-refractivity contribution in [2.24, 2.45) is 5.10 Å². The van der Waals surface area contributed by atoms with E-state index in [1.807, 2.05) is 44.2 Å². The fourth-order valence-corrected chi connectivity index (χ4v) is 1.91. The summed E-state index contributed by atoms with van der Waals surface area (Å²) in [6.45, 7) is 6.62. The molecule has 21 heavy (non-hydrogen) atoms. The van der Waals surface area contributed by atoms with Crippen molar-refractivity contribution in [1.82, 2.24) is 4.90 Å². The Balaban J connectivity index is 2.89. The minimum atomic E-state index is -0.333. The second-order valence-electron chi connectivity index (χ2n) is 4.79. The van der Waals surface area contributed by atoms with Crippen LogP contribution in [0, 0.1) is 0 Å². The number of Topliss-reactive ketones (excluding diaryl/α,β-unsaturated/α-hetero) is 1. The number of para-hydroxylation sites is 1. The van der Waals surface area contributed by atoms with Gasteiger partial charge in [0.1, 0.15) is 0 Å². The van der Waals surface area contributed by atoms with Gasteiger partial charge in [-0.3, -0.25) is 15.0 Å². The van der Waals surface area contributed by atoms with Crippen LogP contribution in [0.4, 0.5) is 5.69 Å². The first-order valence-electron chi connectivity index (χ1n) is 7.29. The minimum Gasteiger partial charge on any atom is -0.337 e. The maximum Gasteiger partial charge on any atom is 0.277 e. The predicted molar refractivity (Wildman–Crippen MR) is 85.3 cm³/mol. The Hall–Kier alpha value is -2.17.